The lowest BCUT2D eigenvalue weighted by molar-refractivity contribution is -0.116. The zero-order chi connectivity index (χ0) is 6.69. The van der Waals surface area contributed by atoms with E-state index >= 15 is 0 Å². The molecule has 1 heterocycles. The molecule has 1 rings (SSSR count). The molecule has 1 aliphatic heterocycles. The van der Waals surface area contributed by atoms with Gasteiger partial charge in [-0.05, 0) is 4.99 Å². The van der Waals surface area contributed by atoms with Crippen molar-refractivity contribution in [2.75, 3.05) is 0 Å². The van der Waals surface area contributed by atoms with Crippen molar-refractivity contribution in [2.45, 2.75) is 0 Å². The molecule has 1 aliphatic rings. The van der Waals surface area contributed by atoms with E-state index in [4.69, 9.17) is 11.1 Å². The van der Waals surface area contributed by atoms with Gasteiger partial charge in [0.05, 0.1) is 12.4 Å². The van der Waals surface area contributed by atoms with Crippen molar-refractivity contribution in [2.24, 2.45) is 20.7 Å². The Morgan fingerprint density at radius 2 is 2.11 bits per heavy atom. The van der Waals surface area contributed by atoms with Gasteiger partial charge < -0.3 is 0 Å². The quantitative estimate of drug-likeness (QED) is 0.273. The fraction of sp³-hybridized carbons (Fsp3) is 0. The van der Waals surface area contributed by atoms with Gasteiger partial charge in [0, 0.05) is 0 Å². The summed E-state index contributed by atoms with van der Waals surface area (Å²) in [5, 5.41) is 5.03. The van der Waals surface area contributed by atoms with Crippen LogP contribution < -0.4 is 11.1 Å². The topological polar surface area (TPSA) is 88.7 Å². The molecule has 0 aromatic carbocycles. The fourth-order valence-corrected chi connectivity index (χ4v) is 0.407. The number of rotatable bonds is 0. The first kappa shape index (κ1) is 5.61. The van der Waals surface area contributed by atoms with Crippen LogP contribution in [-0.4, -0.2) is 24.3 Å². The lowest BCUT2D eigenvalue weighted by Crippen LogP contribution is -2.44. The molecular formula is C4H6N5+. The Labute approximate surface area is 51.5 Å². The maximum atomic E-state index is 5.03. The van der Waals surface area contributed by atoms with Crippen LogP contribution >= 0.6 is 0 Å². The van der Waals surface area contributed by atoms with Gasteiger partial charge >= 0.3 is 11.9 Å². The summed E-state index contributed by atoms with van der Waals surface area (Å²) in [5.74, 6) is 0.274. The molecule has 5 heteroatoms. The molecule has 0 saturated carbocycles. The minimum atomic E-state index is -0.0267. The Balaban J connectivity index is 2.73. The number of hydrogen-bond acceptors (Lipinski definition) is 0. The molecule has 0 unspecified atom stereocenters. The zero-order valence-electron chi connectivity index (χ0n) is 4.65. The van der Waals surface area contributed by atoms with E-state index in [2.05, 4.69) is 15.0 Å². The van der Waals surface area contributed by atoms with E-state index in [0.29, 0.717) is 5.96 Å². The fourth-order valence-electron chi connectivity index (χ4n) is 0.407. The standard InChI is InChI=1S/C4H5N5/c5-3(6)9-4-7-1-2-8-4/h1-2H,(H3,5,6)/p+1. The Hall–Kier alpha value is -1.52. The van der Waals surface area contributed by atoms with Crippen molar-refractivity contribution < 1.29 is 5.41 Å². The maximum absolute atomic E-state index is 5.03. The van der Waals surface area contributed by atoms with Gasteiger partial charge in [-0.1, -0.05) is 0 Å². The molecule has 0 aromatic heterocycles. The molecule has 5 nitrogen and oxygen atoms in total. The highest BCUT2D eigenvalue weighted by atomic mass is 15.1. The normalized spacial score (nSPS) is 14.4. The minimum Gasteiger partial charge on any atom is -0.288 e. The molecule has 9 heavy (non-hydrogen) atoms. The first-order valence-electron chi connectivity index (χ1n) is 2.32. The van der Waals surface area contributed by atoms with Gasteiger partial charge in [-0.3, -0.25) is 11.1 Å². The predicted molar refractivity (Wildman–Crippen MR) is 35.5 cm³/mol. The molecule has 0 saturated heterocycles. The summed E-state index contributed by atoms with van der Waals surface area (Å²) >= 11 is 0. The number of hydrogen-bond donors (Lipinski definition) is 2. The SMILES string of the molecule is NC(=[NH2+])N=C1N=CC=N1. The van der Waals surface area contributed by atoms with Crippen LogP contribution in [-0.2, 0) is 0 Å². The lowest BCUT2D eigenvalue weighted by Gasteiger charge is -1.75. The smallest absolute Gasteiger partial charge is 0.288 e. The number of nitrogens with two attached hydrogens (primary N) is 2. The summed E-state index contributed by atoms with van der Waals surface area (Å²) in [6, 6.07) is 0. The second-order valence-corrected chi connectivity index (χ2v) is 1.39. The number of guanidine groups is 2. The van der Waals surface area contributed by atoms with Crippen molar-refractivity contribution in [1.29, 1.82) is 0 Å². The van der Waals surface area contributed by atoms with Crippen LogP contribution in [0.15, 0.2) is 15.0 Å². The summed E-state index contributed by atoms with van der Waals surface area (Å²) in [6.07, 6.45) is 3.03. The highest BCUT2D eigenvalue weighted by molar-refractivity contribution is 6.26. The van der Waals surface area contributed by atoms with Crippen molar-refractivity contribution in [3.63, 3.8) is 0 Å². The summed E-state index contributed by atoms with van der Waals surface area (Å²) in [5.41, 5.74) is 5.03. The molecule has 0 bridgehead atoms. The van der Waals surface area contributed by atoms with Crippen LogP contribution in [0.2, 0.25) is 0 Å². The van der Waals surface area contributed by atoms with Crippen LogP contribution in [0.4, 0.5) is 0 Å². The molecular weight excluding hydrogens is 118 g/mol. The highest BCUT2D eigenvalue weighted by Crippen LogP contribution is 1.85. The first-order chi connectivity index (χ1) is 4.29. The number of nitrogens with zero attached hydrogens (tertiary/aromatic N) is 3. The Morgan fingerprint density at radius 3 is 2.56 bits per heavy atom. The van der Waals surface area contributed by atoms with Gasteiger partial charge in [0.25, 0.3) is 0 Å². The lowest BCUT2D eigenvalue weighted by atomic mass is 10.9. The second-order valence-electron chi connectivity index (χ2n) is 1.39. The van der Waals surface area contributed by atoms with Crippen LogP contribution in [0.1, 0.15) is 0 Å². The van der Waals surface area contributed by atoms with E-state index in [-0.39, 0.29) is 5.96 Å². The van der Waals surface area contributed by atoms with Crippen molar-refractivity contribution in [1.82, 2.24) is 0 Å². The Bertz CT molecular complexity index is 197. The average molecular weight is 124 g/mol. The Kier molecular flexibility index (Phi) is 1.35. The second kappa shape index (κ2) is 2.17. The van der Waals surface area contributed by atoms with Crippen LogP contribution in [0, 0.1) is 0 Å². The van der Waals surface area contributed by atoms with E-state index < -0.39 is 0 Å². The third-order valence-corrected chi connectivity index (χ3v) is 0.676. The molecule has 4 N–H and O–H groups in total. The molecule has 0 fully saturated rings. The van der Waals surface area contributed by atoms with E-state index in [1.807, 2.05) is 0 Å². The monoisotopic (exact) mass is 124 g/mol. The third kappa shape index (κ3) is 1.45. The van der Waals surface area contributed by atoms with Crippen LogP contribution in [0.5, 0.6) is 0 Å². The summed E-state index contributed by atoms with van der Waals surface area (Å²) < 4.78 is 0. The van der Waals surface area contributed by atoms with E-state index in [9.17, 15) is 0 Å². The molecule has 0 spiro atoms. The zero-order valence-corrected chi connectivity index (χ0v) is 4.65. The average Bonchev–Trinajstić information content (AvgIpc) is 2.15. The van der Waals surface area contributed by atoms with Gasteiger partial charge in [-0.25, -0.2) is 9.98 Å². The molecule has 0 aromatic rings. The molecule has 46 valence electrons. The first-order valence-corrected chi connectivity index (χ1v) is 2.32. The van der Waals surface area contributed by atoms with Crippen molar-refractivity contribution in [3.8, 4) is 0 Å². The third-order valence-electron chi connectivity index (χ3n) is 0.676. The highest BCUT2D eigenvalue weighted by Gasteiger charge is 2.01. The van der Waals surface area contributed by atoms with E-state index in [0.717, 1.165) is 0 Å². The van der Waals surface area contributed by atoms with Gasteiger partial charge in [0.1, 0.15) is 0 Å². The van der Waals surface area contributed by atoms with Gasteiger partial charge in [0.15, 0.2) is 0 Å². The molecule has 0 radical (unpaired) electrons. The van der Waals surface area contributed by atoms with Crippen LogP contribution in [0.25, 0.3) is 0 Å². The Morgan fingerprint density at radius 1 is 1.56 bits per heavy atom. The summed E-state index contributed by atoms with van der Waals surface area (Å²) in [6.45, 7) is 0. The van der Waals surface area contributed by atoms with Gasteiger partial charge in [-0.2, -0.15) is 0 Å². The minimum absolute atomic E-state index is 0.0267. The summed E-state index contributed by atoms with van der Waals surface area (Å²) in [4.78, 5) is 11.0. The van der Waals surface area contributed by atoms with E-state index in [1.165, 1.54) is 12.4 Å². The maximum Gasteiger partial charge on any atom is 0.383 e. The van der Waals surface area contributed by atoms with Crippen LogP contribution in [0.3, 0.4) is 0 Å². The molecule has 0 aliphatic carbocycles. The molecule has 0 amide bonds. The number of aliphatic imine (C=N–C) groups is 3. The van der Waals surface area contributed by atoms with Gasteiger partial charge in [0.2, 0.25) is 0 Å². The van der Waals surface area contributed by atoms with Crippen molar-refractivity contribution >= 4 is 24.3 Å². The van der Waals surface area contributed by atoms with Crippen molar-refractivity contribution in [3.05, 3.63) is 0 Å². The largest absolute Gasteiger partial charge is 0.383 e. The molecule has 0 atom stereocenters. The summed E-state index contributed by atoms with van der Waals surface area (Å²) in [7, 11) is 0. The van der Waals surface area contributed by atoms with Gasteiger partial charge in [-0.15, -0.1) is 0 Å². The predicted octanol–water partition coefficient (Wildman–Crippen LogP) is -2.43. The van der Waals surface area contributed by atoms with E-state index in [1.54, 1.807) is 0 Å².